The van der Waals surface area contributed by atoms with Crippen LogP contribution in [0.15, 0.2) is 97.1 Å². The van der Waals surface area contributed by atoms with Crippen LogP contribution < -0.4 is 10.6 Å². The summed E-state index contributed by atoms with van der Waals surface area (Å²) in [5, 5.41) is 4.71. The molecule has 0 fully saturated rings. The minimum Gasteiger partial charge on any atom is -0.449 e. The fourth-order valence-corrected chi connectivity index (χ4v) is 6.50. The first-order valence-electron chi connectivity index (χ1n) is 14.9. The van der Waals surface area contributed by atoms with Gasteiger partial charge in [0.15, 0.2) is 0 Å². The number of alkyl carbamates (subject to hydrolysis) is 2. The van der Waals surface area contributed by atoms with Crippen molar-refractivity contribution < 1.29 is 23.9 Å². The Morgan fingerprint density at radius 1 is 0.614 bits per heavy atom. The van der Waals surface area contributed by atoms with Gasteiger partial charge in [-0.2, -0.15) is 0 Å². The first kappa shape index (κ1) is 29.5. The Balaban J connectivity index is 0.925. The molecule has 0 saturated heterocycles. The molecule has 0 spiro atoms. The Bertz CT molecular complexity index is 1600. The molecule has 0 heterocycles. The number of hydrogen-bond donors (Lipinski definition) is 2. The van der Waals surface area contributed by atoms with Gasteiger partial charge in [-0.25, -0.2) is 9.59 Å². The minimum absolute atomic E-state index is 0.00683. The maximum Gasteiger partial charge on any atom is 0.407 e. The number of rotatable bonds is 11. The first-order chi connectivity index (χ1) is 21.5. The third kappa shape index (κ3) is 6.19. The summed E-state index contributed by atoms with van der Waals surface area (Å²) in [6, 6.07) is 31.6. The van der Waals surface area contributed by atoms with Crippen LogP contribution in [-0.4, -0.2) is 43.2 Å². The second kappa shape index (κ2) is 13.3. The highest BCUT2D eigenvalue weighted by Gasteiger charge is 2.30. The van der Waals surface area contributed by atoms with E-state index in [2.05, 4.69) is 47.0 Å². The lowest BCUT2D eigenvalue weighted by Gasteiger charge is -2.18. The largest absolute Gasteiger partial charge is 0.449 e. The monoisotopic (exact) mass is 608 g/mol. The summed E-state index contributed by atoms with van der Waals surface area (Å²) in [7, 11) is 0. The second-order valence-corrected chi connectivity index (χ2v) is 11.4. The number of carbonyl (C=O) groups is 3. The molecule has 0 unspecified atom stereocenters. The van der Waals surface area contributed by atoms with Crippen molar-refractivity contribution in [1.29, 1.82) is 0 Å². The van der Waals surface area contributed by atoms with Crippen LogP contribution in [0, 0.1) is 0 Å². The molecule has 0 saturated carbocycles. The molecule has 2 aliphatic rings. The van der Waals surface area contributed by atoms with Crippen molar-refractivity contribution in [2.45, 2.75) is 37.1 Å². The van der Waals surface area contributed by atoms with E-state index in [0.29, 0.717) is 25.8 Å². The summed E-state index contributed by atoms with van der Waals surface area (Å²) in [6.45, 7) is 0.755. The average molecular weight is 609 g/mol. The lowest BCUT2D eigenvalue weighted by molar-refractivity contribution is -0.113. The summed E-state index contributed by atoms with van der Waals surface area (Å²) in [4.78, 5) is 37.1. The number of benzene rings is 4. The molecule has 0 aromatic heterocycles. The zero-order valence-corrected chi connectivity index (χ0v) is 24.9. The van der Waals surface area contributed by atoms with Crippen LogP contribution in [0.1, 0.15) is 53.4 Å². The minimum atomic E-state index is -0.887. The van der Waals surface area contributed by atoms with Crippen molar-refractivity contribution in [3.63, 3.8) is 0 Å². The van der Waals surface area contributed by atoms with Crippen LogP contribution in [0.4, 0.5) is 9.59 Å². The summed E-state index contributed by atoms with van der Waals surface area (Å²) in [6.07, 6.45) is 0.267. The fraction of sp³-hybridized carbons (Fsp3) is 0.250. The highest BCUT2D eigenvalue weighted by atomic mass is 35.5. The summed E-state index contributed by atoms with van der Waals surface area (Å²) >= 11 is 5.79. The molecule has 2 aliphatic carbocycles. The van der Waals surface area contributed by atoms with Gasteiger partial charge in [0.05, 0.1) is 0 Å². The van der Waals surface area contributed by atoms with Crippen LogP contribution >= 0.6 is 11.6 Å². The van der Waals surface area contributed by atoms with Gasteiger partial charge in [-0.05, 0) is 75.4 Å². The molecule has 0 radical (unpaired) electrons. The Kier molecular flexibility index (Phi) is 8.94. The first-order valence-corrected chi connectivity index (χ1v) is 15.3. The van der Waals surface area contributed by atoms with E-state index in [9.17, 15) is 14.4 Å². The molecule has 1 atom stereocenters. The van der Waals surface area contributed by atoms with E-state index in [4.69, 9.17) is 21.1 Å². The molecular formula is C36H33ClN2O5. The number of carbonyl (C=O) groups excluding carboxylic acids is 3. The van der Waals surface area contributed by atoms with E-state index < -0.39 is 23.5 Å². The Morgan fingerprint density at radius 2 is 1.02 bits per heavy atom. The van der Waals surface area contributed by atoms with Crippen molar-refractivity contribution in [2.75, 3.05) is 19.8 Å². The fourth-order valence-electron chi connectivity index (χ4n) is 6.34. The molecule has 44 heavy (non-hydrogen) atoms. The van der Waals surface area contributed by atoms with Crippen molar-refractivity contribution >= 4 is 29.0 Å². The van der Waals surface area contributed by atoms with Crippen molar-refractivity contribution in [3.8, 4) is 22.3 Å². The van der Waals surface area contributed by atoms with Crippen LogP contribution in [-0.2, 0) is 14.3 Å². The summed E-state index contributed by atoms with van der Waals surface area (Å²) in [5.41, 5.74) is 9.14. The van der Waals surface area contributed by atoms with Gasteiger partial charge < -0.3 is 20.1 Å². The molecule has 4 aromatic carbocycles. The average Bonchev–Trinajstić information content (AvgIpc) is 3.54. The molecule has 224 valence electrons. The van der Waals surface area contributed by atoms with Gasteiger partial charge in [0.2, 0.25) is 5.24 Å². The van der Waals surface area contributed by atoms with Gasteiger partial charge in [-0.15, -0.1) is 0 Å². The van der Waals surface area contributed by atoms with Gasteiger partial charge in [-0.1, -0.05) is 97.1 Å². The third-order valence-electron chi connectivity index (χ3n) is 8.44. The highest BCUT2D eigenvalue weighted by Crippen LogP contribution is 2.45. The Morgan fingerprint density at radius 3 is 1.45 bits per heavy atom. The van der Waals surface area contributed by atoms with E-state index in [0.717, 1.165) is 33.4 Å². The molecule has 6 rings (SSSR count). The van der Waals surface area contributed by atoms with E-state index in [1.54, 1.807) is 0 Å². The number of fused-ring (bicyclic) bond motifs is 6. The number of ether oxygens (including phenoxy) is 2. The topological polar surface area (TPSA) is 93.7 Å². The molecule has 0 aliphatic heterocycles. The predicted molar refractivity (Wildman–Crippen MR) is 170 cm³/mol. The Labute approximate surface area is 261 Å². The number of amides is 2. The highest BCUT2D eigenvalue weighted by molar-refractivity contribution is 6.64. The normalized spacial score (nSPS) is 13.7. The molecule has 2 amide bonds. The summed E-state index contributed by atoms with van der Waals surface area (Å²) in [5.74, 6) is -0.0880. The van der Waals surface area contributed by atoms with Gasteiger partial charge in [0, 0.05) is 18.4 Å². The quantitative estimate of drug-likeness (QED) is 0.137. The number of hydrogen-bond acceptors (Lipinski definition) is 5. The molecule has 4 aromatic rings. The zero-order chi connectivity index (χ0) is 30.5. The van der Waals surface area contributed by atoms with E-state index in [-0.39, 0.29) is 25.0 Å². The predicted octanol–water partition coefficient (Wildman–Crippen LogP) is 7.37. The number of unbranched alkanes of at least 4 members (excludes halogenated alkanes) is 1. The van der Waals surface area contributed by atoms with Crippen LogP contribution in [0.5, 0.6) is 0 Å². The number of halogens is 1. The lowest BCUT2D eigenvalue weighted by atomic mass is 9.98. The smallest absolute Gasteiger partial charge is 0.407 e. The Hall–Kier alpha value is -4.62. The van der Waals surface area contributed by atoms with Gasteiger partial charge in [0.1, 0.15) is 19.3 Å². The number of nitrogens with one attached hydrogen (secondary N) is 2. The molecular weight excluding hydrogens is 576 g/mol. The molecule has 7 nitrogen and oxygen atoms in total. The second-order valence-electron chi connectivity index (χ2n) is 11.1. The molecule has 0 bridgehead atoms. The van der Waals surface area contributed by atoms with Crippen molar-refractivity contribution in [2.24, 2.45) is 0 Å². The lowest BCUT2D eigenvalue weighted by Crippen LogP contribution is -2.39. The zero-order valence-electron chi connectivity index (χ0n) is 24.1. The SMILES string of the molecule is O=C(NCCCC[C@H](NC(=O)OCC1c2ccccc2-c2ccccc21)C(=O)Cl)OCC1c2ccccc2-c2ccccc21. The van der Waals surface area contributed by atoms with Crippen molar-refractivity contribution in [1.82, 2.24) is 10.6 Å². The van der Waals surface area contributed by atoms with E-state index in [1.165, 1.54) is 11.1 Å². The molecule has 8 heteroatoms. The maximum atomic E-state index is 12.6. The van der Waals surface area contributed by atoms with Gasteiger partial charge in [-0.3, -0.25) is 4.79 Å². The van der Waals surface area contributed by atoms with Crippen LogP contribution in [0.3, 0.4) is 0 Å². The third-order valence-corrected chi connectivity index (χ3v) is 8.71. The maximum absolute atomic E-state index is 12.6. The molecule has 2 N–H and O–H groups in total. The van der Waals surface area contributed by atoms with Gasteiger partial charge in [0.25, 0.3) is 0 Å². The van der Waals surface area contributed by atoms with E-state index in [1.807, 2.05) is 60.7 Å². The standard InChI is InChI=1S/C36H33ClN2O5/c37-34(40)33(39-36(42)44-22-32-29-17-7-3-13-25(29)26-14-4-8-18-30(26)32)19-9-10-20-38-35(41)43-21-31-27-15-5-1-11-23(27)24-12-2-6-16-28(24)31/h1-8,11-18,31-33H,9-10,19-22H2,(H,38,41)(H,39,42)/t33-/m0/s1. The summed E-state index contributed by atoms with van der Waals surface area (Å²) < 4.78 is 11.1. The van der Waals surface area contributed by atoms with Crippen molar-refractivity contribution in [3.05, 3.63) is 119 Å². The van der Waals surface area contributed by atoms with E-state index >= 15 is 0 Å². The van der Waals surface area contributed by atoms with Gasteiger partial charge >= 0.3 is 12.2 Å². The van der Waals surface area contributed by atoms with Crippen LogP contribution in [0.2, 0.25) is 0 Å². The van der Waals surface area contributed by atoms with Crippen LogP contribution in [0.25, 0.3) is 22.3 Å².